The van der Waals surface area contributed by atoms with Crippen molar-refractivity contribution in [3.8, 4) is 5.69 Å². The minimum absolute atomic E-state index is 0.158. The van der Waals surface area contributed by atoms with Crippen molar-refractivity contribution >= 4 is 22.4 Å². The van der Waals surface area contributed by atoms with Crippen LogP contribution >= 0.6 is 0 Å². The van der Waals surface area contributed by atoms with E-state index >= 15 is 0 Å². The van der Waals surface area contributed by atoms with E-state index in [-0.39, 0.29) is 5.56 Å². The van der Waals surface area contributed by atoms with Crippen LogP contribution in [0.5, 0.6) is 0 Å². The van der Waals surface area contributed by atoms with Crippen LogP contribution < -0.4 is 16.2 Å². The molecule has 0 fully saturated rings. The Morgan fingerprint density at radius 3 is 2.79 bits per heavy atom. The van der Waals surface area contributed by atoms with Gasteiger partial charge in [-0.25, -0.2) is 14.3 Å². The zero-order chi connectivity index (χ0) is 23.2. The molecule has 1 aliphatic heterocycles. The molecule has 3 N–H and O–H groups in total. The first-order valence-electron chi connectivity index (χ1n) is 10.9. The number of aliphatic hydroxyl groups is 1. The first-order chi connectivity index (χ1) is 15.8. The molecule has 1 aliphatic rings. The molecular formula is C25H26N6O2. The van der Waals surface area contributed by atoms with Crippen molar-refractivity contribution in [1.29, 1.82) is 0 Å². The molecule has 5 rings (SSSR count). The molecule has 0 unspecified atom stereocenters. The molecule has 0 spiro atoms. The second-order valence-corrected chi connectivity index (χ2v) is 8.74. The largest absolute Gasteiger partial charge is 0.384 e. The third kappa shape index (κ3) is 3.83. The molecule has 1 aromatic carbocycles. The van der Waals surface area contributed by atoms with Gasteiger partial charge in [-0.2, -0.15) is 0 Å². The molecule has 4 aromatic rings. The summed E-state index contributed by atoms with van der Waals surface area (Å²) in [6.07, 6.45) is 4.92. The quantitative estimate of drug-likeness (QED) is 0.396. The Morgan fingerprint density at radius 1 is 1.18 bits per heavy atom. The van der Waals surface area contributed by atoms with Crippen molar-refractivity contribution in [2.45, 2.75) is 39.1 Å². The fraction of sp³-hybridized carbons (Fsp3) is 0.240. The van der Waals surface area contributed by atoms with Crippen LogP contribution in [0.4, 0.5) is 11.5 Å². The molecule has 0 radical (unpaired) electrons. The van der Waals surface area contributed by atoms with Gasteiger partial charge >= 0.3 is 0 Å². The topological polar surface area (TPSA) is 97.0 Å². The van der Waals surface area contributed by atoms with Gasteiger partial charge in [-0.1, -0.05) is 12.1 Å². The van der Waals surface area contributed by atoms with E-state index in [0.717, 1.165) is 24.5 Å². The Kier molecular flexibility index (Phi) is 5.11. The number of aromatic nitrogens is 4. The standard InChI is InChI=1S/C25H26N6O2/c1-4-9-30-24(32)20-15-28-23(29-18-6-5-16-13-26-14-17(16)10-18)12-21(20)31(30)19-7-8-27-22(11-19)25(2,3)33/h4-8,10-12,15,26,33H,1,9,13-14H2,2-3H3,(H,28,29). The Labute approximate surface area is 191 Å². The number of nitrogens with one attached hydrogen (secondary N) is 2. The summed E-state index contributed by atoms with van der Waals surface area (Å²) in [7, 11) is 0. The normalized spacial score (nSPS) is 13.3. The number of fused-ring (bicyclic) bond motifs is 2. The Bertz CT molecular complexity index is 1430. The average molecular weight is 443 g/mol. The number of benzene rings is 1. The molecule has 0 aliphatic carbocycles. The summed E-state index contributed by atoms with van der Waals surface area (Å²) in [4.78, 5) is 21.9. The third-order valence-electron chi connectivity index (χ3n) is 5.84. The van der Waals surface area contributed by atoms with Crippen molar-refractivity contribution < 1.29 is 5.11 Å². The van der Waals surface area contributed by atoms with E-state index in [4.69, 9.17) is 0 Å². The maximum Gasteiger partial charge on any atom is 0.276 e. The van der Waals surface area contributed by atoms with Gasteiger partial charge < -0.3 is 15.7 Å². The summed E-state index contributed by atoms with van der Waals surface area (Å²) >= 11 is 0. The second-order valence-electron chi connectivity index (χ2n) is 8.74. The van der Waals surface area contributed by atoms with E-state index in [9.17, 15) is 9.90 Å². The molecule has 8 nitrogen and oxygen atoms in total. The van der Waals surface area contributed by atoms with Crippen molar-refractivity contribution in [1.82, 2.24) is 24.6 Å². The predicted octanol–water partition coefficient (Wildman–Crippen LogP) is 3.34. The number of nitrogens with zero attached hydrogens (tertiary/aromatic N) is 4. The SMILES string of the molecule is C=CCn1c(=O)c2cnc(Nc3ccc4c(c3)CNC4)cc2n1-c1ccnc(C(C)(C)O)c1. The number of anilines is 2. The molecule has 4 heterocycles. The number of pyridine rings is 2. The number of hydrogen-bond donors (Lipinski definition) is 3. The number of hydrogen-bond acceptors (Lipinski definition) is 6. The monoisotopic (exact) mass is 442 g/mol. The lowest BCUT2D eigenvalue weighted by Crippen LogP contribution is -2.22. The maximum atomic E-state index is 13.2. The Hall–Kier alpha value is -3.75. The molecule has 0 saturated carbocycles. The molecule has 0 saturated heterocycles. The van der Waals surface area contributed by atoms with Gasteiger partial charge in [0.05, 0.1) is 28.8 Å². The summed E-state index contributed by atoms with van der Waals surface area (Å²) in [5, 5.41) is 17.7. The van der Waals surface area contributed by atoms with Gasteiger partial charge in [0.15, 0.2) is 0 Å². The van der Waals surface area contributed by atoms with Crippen LogP contribution in [0.15, 0.2) is 66.2 Å². The molecule has 3 aromatic heterocycles. The van der Waals surface area contributed by atoms with Gasteiger partial charge in [-0.05, 0) is 49.2 Å². The molecule has 8 heteroatoms. The summed E-state index contributed by atoms with van der Waals surface area (Å²) in [5.74, 6) is 0.634. The van der Waals surface area contributed by atoms with Crippen LogP contribution in [0.3, 0.4) is 0 Å². The van der Waals surface area contributed by atoms with E-state index in [1.54, 1.807) is 43.1 Å². The molecule has 0 atom stereocenters. The van der Waals surface area contributed by atoms with E-state index in [0.29, 0.717) is 29.0 Å². The summed E-state index contributed by atoms with van der Waals surface area (Å²) < 4.78 is 3.43. The van der Waals surface area contributed by atoms with Crippen LogP contribution in [-0.4, -0.2) is 24.4 Å². The number of rotatable bonds is 6. The zero-order valence-electron chi connectivity index (χ0n) is 18.7. The van der Waals surface area contributed by atoms with Gasteiger partial charge in [0.1, 0.15) is 11.4 Å². The highest BCUT2D eigenvalue weighted by Gasteiger charge is 2.21. The zero-order valence-corrected chi connectivity index (χ0v) is 18.7. The smallest absolute Gasteiger partial charge is 0.276 e. The minimum atomic E-state index is -1.11. The fourth-order valence-corrected chi connectivity index (χ4v) is 4.18. The van der Waals surface area contributed by atoms with E-state index in [2.05, 4.69) is 39.3 Å². The molecule has 0 amide bonds. The Morgan fingerprint density at radius 2 is 2.00 bits per heavy atom. The molecule has 33 heavy (non-hydrogen) atoms. The van der Waals surface area contributed by atoms with Crippen LogP contribution in [0.25, 0.3) is 16.6 Å². The Balaban J connectivity index is 1.64. The lowest BCUT2D eigenvalue weighted by molar-refractivity contribution is 0.0738. The van der Waals surface area contributed by atoms with Crippen LogP contribution in [0.1, 0.15) is 30.7 Å². The van der Waals surface area contributed by atoms with Gasteiger partial charge in [0.25, 0.3) is 5.56 Å². The molecule has 0 bridgehead atoms. The lowest BCUT2D eigenvalue weighted by atomic mass is 10.0. The van der Waals surface area contributed by atoms with Crippen LogP contribution in [0.2, 0.25) is 0 Å². The predicted molar refractivity (Wildman–Crippen MR) is 129 cm³/mol. The number of allylic oxidation sites excluding steroid dienone is 1. The first kappa shape index (κ1) is 21.1. The van der Waals surface area contributed by atoms with E-state index < -0.39 is 5.60 Å². The highest BCUT2D eigenvalue weighted by molar-refractivity contribution is 5.83. The van der Waals surface area contributed by atoms with Crippen molar-refractivity contribution in [3.63, 3.8) is 0 Å². The third-order valence-corrected chi connectivity index (χ3v) is 5.84. The molecule has 168 valence electrons. The fourth-order valence-electron chi connectivity index (χ4n) is 4.18. The van der Waals surface area contributed by atoms with E-state index in [1.165, 1.54) is 11.1 Å². The average Bonchev–Trinajstić information content (AvgIpc) is 3.36. The second kappa shape index (κ2) is 7.99. The maximum absolute atomic E-state index is 13.2. The summed E-state index contributed by atoms with van der Waals surface area (Å²) in [6.45, 7) is 9.24. The summed E-state index contributed by atoms with van der Waals surface area (Å²) in [5.41, 5.74) is 4.18. The van der Waals surface area contributed by atoms with Crippen LogP contribution in [0, 0.1) is 0 Å². The van der Waals surface area contributed by atoms with Crippen molar-refractivity contribution in [2.75, 3.05) is 5.32 Å². The van der Waals surface area contributed by atoms with Crippen molar-refractivity contribution in [2.24, 2.45) is 0 Å². The first-order valence-corrected chi connectivity index (χ1v) is 10.9. The van der Waals surface area contributed by atoms with Gasteiger partial charge in [0, 0.05) is 37.2 Å². The van der Waals surface area contributed by atoms with Crippen LogP contribution in [-0.2, 0) is 25.2 Å². The summed E-state index contributed by atoms with van der Waals surface area (Å²) in [6, 6.07) is 11.7. The van der Waals surface area contributed by atoms with Gasteiger partial charge in [-0.15, -0.1) is 6.58 Å². The minimum Gasteiger partial charge on any atom is -0.384 e. The highest BCUT2D eigenvalue weighted by Crippen LogP contribution is 2.26. The van der Waals surface area contributed by atoms with Crippen molar-refractivity contribution in [3.05, 3.63) is 88.6 Å². The lowest BCUT2D eigenvalue weighted by Gasteiger charge is -2.18. The van der Waals surface area contributed by atoms with Gasteiger partial charge in [0.2, 0.25) is 0 Å². The van der Waals surface area contributed by atoms with Gasteiger partial charge in [-0.3, -0.25) is 9.78 Å². The highest BCUT2D eigenvalue weighted by atomic mass is 16.3. The molecular weight excluding hydrogens is 416 g/mol. The van der Waals surface area contributed by atoms with E-state index in [1.807, 2.05) is 22.9 Å².